The van der Waals surface area contributed by atoms with Crippen LogP contribution in [0.5, 0.6) is 17.2 Å². The van der Waals surface area contributed by atoms with Gasteiger partial charge in [-0.15, -0.1) is 0 Å². The molecule has 0 spiro atoms. The number of nitrogens with one attached hydrogen (secondary N) is 1. The maximum atomic E-state index is 12.2. The number of carbonyl (C=O) groups excluding carboxylic acids is 2. The molecule has 27 heavy (non-hydrogen) atoms. The van der Waals surface area contributed by atoms with Crippen LogP contribution in [0.15, 0.2) is 48.5 Å². The van der Waals surface area contributed by atoms with Gasteiger partial charge >= 0.3 is 5.97 Å². The third-order valence-electron chi connectivity index (χ3n) is 3.81. The highest BCUT2D eigenvalue weighted by molar-refractivity contribution is 5.96. The molecule has 0 radical (unpaired) electrons. The van der Waals surface area contributed by atoms with E-state index in [0.29, 0.717) is 22.9 Å². The number of methoxy groups -OCH3 is 1. The minimum atomic E-state index is -0.954. The minimum absolute atomic E-state index is 0.185. The molecule has 0 aliphatic carbocycles. The predicted octanol–water partition coefficient (Wildman–Crippen LogP) is 3.01. The topological polar surface area (TPSA) is 83.1 Å². The lowest BCUT2D eigenvalue weighted by molar-refractivity contribution is -0.148. The van der Waals surface area contributed by atoms with Crippen LogP contribution >= 0.6 is 0 Å². The third-order valence-corrected chi connectivity index (χ3v) is 3.81. The summed E-state index contributed by atoms with van der Waals surface area (Å²) in [6.07, 6.45) is 1.88. The number of anilines is 1. The summed E-state index contributed by atoms with van der Waals surface area (Å²) < 4.78 is 20.7. The molecule has 0 saturated heterocycles. The largest absolute Gasteiger partial charge is 0.497 e. The van der Waals surface area contributed by atoms with Crippen LogP contribution in [-0.2, 0) is 14.3 Å². The van der Waals surface area contributed by atoms with Gasteiger partial charge in [0.15, 0.2) is 17.6 Å². The summed E-state index contributed by atoms with van der Waals surface area (Å²) in [5, 5.41) is 2.67. The van der Waals surface area contributed by atoms with Crippen molar-refractivity contribution in [1.29, 1.82) is 0 Å². The molecule has 1 heterocycles. The number of rotatable bonds is 6. The molecule has 0 bridgehead atoms. The number of fused-ring (bicyclic) bond motifs is 1. The number of hydrogen-bond acceptors (Lipinski definition) is 6. The number of amides is 1. The second-order valence-electron chi connectivity index (χ2n) is 5.75. The van der Waals surface area contributed by atoms with Gasteiger partial charge in [-0.3, -0.25) is 4.79 Å². The molecule has 0 aromatic heterocycles. The Hall–Kier alpha value is -3.48. The number of esters is 1. The van der Waals surface area contributed by atoms with Crippen LogP contribution in [0.3, 0.4) is 0 Å². The molecule has 1 atom stereocenters. The molecule has 1 aliphatic rings. The van der Waals surface area contributed by atoms with E-state index in [0.717, 1.165) is 5.56 Å². The van der Waals surface area contributed by atoms with Crippen molar-refractivity contribution in [2.45, 2.75) is 13.0 Å². The Balaban J connectivity index is 1.54. The van der Waals surface area contributed by atoms with Gasteiger partial charge in [-0.05, 0) is 42.8 Å². The molecule has 7 heteroatoms. The molecule has 0 fully saturated rings. The number of carbonyl (C=O) groups is 2. The van der Waals surface area contributed by atoms with E-state index in [2.05, 4.69) is 5.32 Å². The summed E-state index contributed by atoms with van der Waals surface area (Å²) in [5.41, 5.74) is 1.31. The lowest BCUT2D eigenvalue weighted by Gasteiger charge is -2.13. The maximum Gasteiger partial charge on any atom is 0.331 e. The van der Waals surface area contributed by atoms with Crippen LogP contribution < -0.4 is 19.5 Å². The van der Waals surface area contributed by atoms with Crippen molar-refractivity contribution in [2.24, 2.45) is 0 Å². The average molecular weight is 369 g/mol. The predicted molar refractivity (Wildman–Crippen MR) is 98.8 cm³/mol. The molecule has 7 nitrogen and oxygen atoms in total. The van der Waals surface area contributed by atoms with Gasteiger partial charge in [0.2, 0.25) is 6.79 Å². The van der Waals surface area contributed by atoms with E-state index in [-0.39, 0.29) is 6.79 Å². The quantitative estimate of drug-likeness (QED) is 0.623. The van der Waals surface area contributed by atoms with Crippen LogP contribution in [0, 0.1) is 0 Å². The lowest BCUT2D eigenvalue weighted by atomic mass is 10.2. The Kier molecular flexibility index (Phi) is 5.61. The number of hydrogen-bond donors (Lipinski definition) is 1. The van der Waals surface area contributed by atoms with Crippen LogP contribution in [0.4, 0.5) is 5.69 Å². The second kappa shape index (κ2) is 8.27. The van der Waals surface area contributed by atoms with Crippen molar-refractivity contribution in [3.05, 3.63) is 54.1 Å². The Morgan fingerprint density at radius 2 is 1.96 bits per heavy atom. The summed E-state index contributed by atoms with van der Waals surface area (Å²) in [6.45, 7) is 1.69. The highest BCUT2D eigenvalue weighted by Gasteiger charge is 2.17. The highest BCUT2D eigenvalue weighted by Crippen LogP contribution is 2.32. The van der Waals surface area contributed by atoms with Gasteiger partial charge in [0.1, 0.15) is 5.75 Å². The van der Waals surface area contributed by atoms with Gasteiger partial charge in [0.25, 0.3) is 5.91 Å². The first-order chi connectivity index (χ1) is 13.0. The van der Waals surface area contributed by atoms with Crippen LogP contribution in [0.25, 0.3) is 6.08 Å². The zero-order chi connectivity index (χ0) is 19.2. The van der Waals surface area contributed by atoms with Gasteiger partial charge < -0.3 is 24.3 Å². The van der Waals surface area contributed by atoms with Crippen molar-refractivity contribution in [2.75, 3.05) is 19.2 Å². The molecule has 0 unspecified atom stereocenters. The van der Waals surface area contributed by atoms with E-state index in [9.17, 15) is 9.59 Å². The first-order valence-electron chi connectivity index (χ1n) is 8.28. The molecule has 2 aromatic rings. The van der Waals surface area contributed by atoms with Gasteiger partial charge in [0, 0.05) is 17.8 Å². The fourth-order valence-electron chi connectivity index (χ4n) is 2.39. The van der Waals surface area contributed by atoms with E-state index in [1.165, 1.54) is 20.1 Å². The fourth-order valence-corrected chi connectivity index (χ4v) is 2.39. The Morgan fingerprint density at radius 3 is 2.78 bits per heavy atom. The van der Waals surface area contributed by atoms with Crippen molar-refractivity contribution < 1.29 is 28.5 Å². The zero-order valence-electron chi connectivity index (χ0n) is 14.9. The van der Waals surface area contributed by atoms with E-state index < -0.39 is 18.0 Å². The Bertz CT molecular complexity index is 877. The molecule has 140 valence electrons. The highest BCUT2D eigenvalue weighted by atomic mass is 16.7. The first kappa shape index (κ1) is 18.3. The van der Waals surface area contributed by atoms with Crippen molar-refractivity contribution >= 4 is 23.6 Å². The summed E-state index contributed by atoms with van der Waals surface area (Å²) in [6, 6.07) is 12.2. The smallest absolute Gasteiger partial charge is 0.331 e. The van der Waals surface area contributed by atoms with Gasteiger partial charge in [-0.1, -0.05) is 12.1 Å². The fraction of sp³-hybridized carbons (Fsp3) is 0.200. The molecule has 1 N–H and O–H groups in total. The SMILES string of the molecule is COc1cccc(NC(=O)[C@@H](C)OC(=O)/C=C/c2ccc3c(c2)OCO3)c1. The standard InChI is InChI=1S/C20H19NO6/c1-13(20(23)21-15-4-3-5-16(11-15)24-2)27-19(22)9-7-14-6-8-17-18(10-14)26-12-25-17/h3-11,13H,12H2,1-2H3,(H,21,23)/b9-7+/t13-/m1/s1. The lowest BCUT2D eigenvalue weighted by Crippen LogP contribution is -2.29. The molecule has 3 rings (SSSR count). The Labute approximate surface area is 156 Å². The second-order valence-corrected chi connectivity index (χ2v) is 5.75. The third kappa shape index (κ3) is 4.78. The molecule has 1 aliphatic heterocycles. The minimum Gasteiger partial charge on any atom is -0.497 e. The van der Waals surface area contributed by atoms with E-state index >= 15 is 0 Å². The van der Waals surface area contributed by atoms with E-state index in [1.54, 1.807) is 48.5 Å². The summed E-state index contributed by atoms with van der Waals surface area (Å²) in [7, 11) is 1.54. The van der Waals surface area contributed by atoms with Gasteiger partial charge in [-0.2, -0.15) is 0 Å². The Morgan fingerprint density at radius 1 is 1.15 bits per heavy atom. The summed E-state index contributed by atoms with van der Waals surface area (Å²) in [5.74, 6) is 0.840. The van der Waals surface area contributed by atoms with Crippen molar-refractivity contribution in [3.8, 4) is 17.2 Å². The average Bonchev–Trinajstić information content (AvgIpc) is 3.14. The van der Waals surface area contributed by atoms with E-state index in [1.807, 2.05) is 0 Å². The monoisotopic (exact) mass is 369 g/mol. The van der Waals surface area contributed by atoms with Gasteiger partial charge in [0.05, 0.1) is 7.11 Å². The number of ether oxygens (including phenoxy) is 4. The molecule has 2 aromatic carbocycles. The van der Waals surface area contributed by atoms with Crippen molar-refractivity contribution in [1.82, 2.24) is 0 Å². The van der Waals surface area contributed by atoms with E-state index in [4.69, 9.17) is 18.9 Å². The first-order valence-corrected chi connectivity index (χ1v) is 8.28. The molecular weight excluding hydrogens is 350 g/mol. The summed E-state index contributed by atoms with van der Waals surface area (Å²) in [4.78, 5) is 24.1. The number of benzene rings is 2. The van der Waals surface area contributed by atoms with Crippen molar-refractivity contribution in [3.63, 3.8) is 0 Å². The molecular formula is C20H19NO6. The molecule has 0 saturated carbocycles. The van der Waals surface area contributed by atoms with Crippen LogP contribution in [0.2, 0.25) is 0 Å². The van der Waals surface area contributed by atoms with Crippen LogP contribution in [0.1, 0.15) is 12.5 Å². The van der Waals surface area contributed by atoms with Crippen LogP contribution in [-0.4, -0.2) is 31.9 Å². The normalized spacial score (nSPS) is 13.3. The van der Waals surface area contributed by atoms with Gasteiger partial charge in [-0.25, -0.2) is 4.79 Å². The zero-order valence-corrected chi connectivity index (χ0v) is 14.9. The summed E-state index contributed by atoms with van der Waals surface area (Å²) >= 11 is 0. The maximum absolute atomic E-state index is 12.2. The molecule has 1 amide bonds.